The quantitative estimate of drug-likeness (QED) is 0.712. The molecule has 1 saturated heterocycles. The van der Waals surface area contributed by atoms with Crippen LogP contribution >= 0.6 is 0 Å². The topological polar surface area (TPSA) is 64.1 Å². The second-order valence-electron chi connectivity index (χ2n) is 6.12. The van der Waals surface area contributed by atoms with E-state index in [1.54, 1.807) is 6.20 Å². The third-order valence-electron chi connectivity index (χ3n) is 4.33. The molecular formula is C16H21N7. The standard InChI is InChI=1S/C16H21N7/c1-2-7-21(8-3-1)10-5-14-12-23(20-19-14)13-15-11-22-9-4-6-17-16(22)18-15/h4,6,9,11-12H,1-3,5,7-8,10,13H2. The molecule has 7 heteroatoms. The summed E-state index contributed by atoms with van der Waals surface area (Å²) in [7, 11) is 0. The molecule has 3 aromatic heterocycles. The van der Waals surface area contributed by atoms with Gasteiger partial charge in [0.2, 0.25) is 5.78 Å². The Balaban J connectivity index is 1.37. The van der Waals surface area contributed by atoms with Crippen molar-refractivity contribution in [3.8, 4) is 0 Å². The Morgan fingerprint density at radius 1 is 1.04 bits per heavy atom. The first kappa shape index (κ1) is 14.3. The van der Waals surface area contributed by atoms with E-state index in [-0.39, 0.29) is 0 Å². The normalized spacial score (nSPS) is 16.2. The molecule has 4 rings (SSSR count). The average molecular weight is 311 g/mol. The van der Waals surface area contributed by atoms with E-state index in [9.17, 15) is 0 Å². The van der Waals surface area contributed by atoms with Crippen molar-refractivity contribution < 1.29 is 0 Å². The number of hydrogen-bond acceptors (Lipinski definition) is 5. The van der Waals surface area contributed by atoms with Crippen molar-refractivity contribution in [2.45, 2.75) is 32.2 Å². The van der Waals surface area contributed by atoms with Crippen molar-refractivity contribution in [2.75, 3.05) is 19.6 Å². The smallest absolute Gasteiger partial charge is 0.233 e. The van der Waals surface area contributed by atoms with Crippen LogP contribution < -0.4 is 0 Å². The average Bonchev–Trinajstić information content (AvgIpc) is 3.20. The maximum atomic E-state index is 4.49. The molecule has 0 bridgehead atoms. The van der Waals surface area contributed by atoms with Gasteiger partial charge in [-0.15, -0.1) is 5.10 Å². The Morgan fingerprint density at radius 2 is 1.96 bits per heavy atom. The third-order valence-corrected chi connectivity index (χ3v) is 4.33. The van der Waals surface area contributed by atoms with E-state index in [1.807, 2.05) is 33.7 Å². The van der Waals surface area contributed by atoms with Crippen LogP contribution in [0.5, 0.6) is 0 Å². The predicted molar refractivity (Wildman–Crippen MR) is 86.1 cm³/mol. The summed E-state index contributed by atoms with van der Waals surface area (Å²) in [5.41, 5.74) is 1.99. The van der Waals surface area contributed by atoms with Gasteiger partial charge < -0.3 is 4.90 Å². The number of piperidine rings is 1. The molecule has 0 N–H and O–H groups in total. The summed E-state index contributed by atoms with van der Waals surface area (Å²) in [6.07, 6.45) is 12.7. The van der Waals surface area contributed by atoms with E-state index in [0.29, 0.717) is 12.3 Å². The first-order valence-corrected chi connectivity index (χ1v) is 8.27. The van der Waals surface area contributed by atoms with Crippen molar-refractivity contribution in [2.24, 2.45) is 0 Å². The molecule has 7 nitrogen and oxygen atoms in total. The zero-order valence-corrected chi connectivity index (χ0v) is 13.2. The minimum atomic E-state index is 0.625. The molecule has 1 aliphatic heterocycles. The van der Waals surface area contributed by atoms with Crippen molar-refractivity contribution in [3.05, 3.63) is 42.2 Å². The summed E-state index contributed by atoms with van der Waals surface area (Å²) in [6, 6.07) is 1.90. The minimum Gasteiger partial charge on any atom is -0.303 e. The predicted octanol–water partition coefficient (Wildman–Crippen LogP) is 1.40. The lowest BCUT2D eigenvalue weighted by atomic mass is 10.1. The van der Waals surface area contributed by atoms with Crippen molar-refractivity contribution >= 4 is 5.78 Å². The van der Waals surface area contributed by atoms with Crippen LogP contribution in [-0.4, -0.2) is 53.9 Å². The number of likely N-dealkylation sites (tertiary alicyclic amines) is 1. The van der Waals surface area contributed by atoms with Crippen LogP contribution in [0.1, 0.15) is 30.7 Å². The minimum absolute atomic E-state index is 0.625. The van der Waals surface area contributed by atoms with Crippen LogP contribution in [-0.2, 0) is 13.0 Å². The lowest BCUT2D eigenvalue weighted by molar-refractivity contribution is 0.231. The van der Waals surface area contributed by atoms with Crippen LogP contribution in [0.2, 0.25) is 0 Å². The fourth-order valence-electron chi connectivity index (χ4n) is 3.11. The van der Waals surface area contributed by atoms with Gasteiger partial charge in [0.05, 0.1) is 17.9 Å². The molecular weight excluding hydrogens is 290 g/mol. The van der Waals surface area contributed by atoms with E-state index in [0.717, 1.165) is 24.4 Å². The number of imidazole rings is 1. The Bertz CT molecular complexity index is 736. The molecule has 23 heavy (non-hydrogen) atoms. The lowest BCUT2D eigenvalue weighted by Crippen LogP contribution is -2.31. The summed E-state index contributed by atoms with van der Waals surface area (Å²) in [4.78, 5) is 11.2. The maximum Gasteiger partial charge on any atom is 0.233 e. The van der Waals surface area contributed by atoms with E-state index >= 15 is 0 Å². The summed E-state index contributed by atoms with van der Waals surface area (Å²) in [5, 5.41) is 8.51. The zero-order valence-electron chi connectivity index (χ0n) is 13.2. The molecule has 1 aliphatic rings. The molecule has 0 aromatic carbocycles. The Kier molecular flexibility index (Phi) is 4.02. The highest BCUT2D eigenvalue weighted by Crippen LogP contribution is 2.09. The lowest BCUT2D eigenvalue weighted by Gasteiger charge is -2.25. The van der Waals surface area contributed by atoms with Crippen LogP contribution in [0.3, 0.4) is 0 Å². The summed E-state index contributed by atoms with van der Waals surface area (Å²) >= 11 is 0. The van der Waals surface area contributed by atoms with Gasteiger partial charge in [-0.2, -0.15) is 0 Å². The third kappa shape index (κ3) is 3.39. The Morgan fingerprint density at radius 3 is 2.83 bits per heavy atom. The number of aromatic nitrogens is 6. The molecule has 1 fully saturated rings. The van der Waals surface area contributed by atoms with Gasteiger partial charge in [-0.05, 0) is 32.0 Å². The molecule has 0 atom stereocenters. The highest BCUT2D eigenvalue weighted by atomic mass is 15.4. The van der Waals surface area contributed by atoms with Crippen LogP contribution in [0.4, 0.5) is 0 Å². The molecule has 0 spiro atoms. The summed E-state index contributed by atoms with van der Waals surface area (Å²) in [5.74, 6) is 0.716. The number of rotatable bonds is 5. The second kappa shape index (κ2) is 6.45. The van der Waals surface area contributed by atoms with Gasteiger partial charge >= 0.3 is 0 Å². The van der Waals surface area contributed by atoms with Crippen molar-refractivity contribution in [1.82, 2.24) is 34.3 Å². The van der Waals surface area contributed by atoms with Gasteiger partial charge in [0, 0.05) is 37.8 Å². The van der Waals surface area contributed by atoms with Gasteiger partial charge in [-0.1, -0.05) is 11.6 Å². The first-order chi connectivity index (χ1) is 11.4. The van der Waals surface area contributed by atoms with E-state index in [2.05, 4.69) is 25.2 Å². The van der Waals surface area contributed by atoms with Gasteiger partial charge in [0.25, 0.3) is 0 Å². The fraction of sp³-hybridized carbons (Fsp3) is 0.500. The van der Waals surface area contributed by atoms with E-state index < -0.39 is 0 Å². The van der Waals surface area contributed by atoms with Crippen LogP contribution in [0, 0.1) is 0 Å². The molecule has 0 amide bonds. The second-order valence-corrected chi connectivity index (χ2v) is 6.12. The molecule has 0 saturated carbocycles. The highest BCUT2D eigenvalue weighted by Gasteiger charge is 2.11. The Labute approximate surface area is 135 Å². The maximum absolute atomic E-state index is 4.49. The van der Waals surface area contributed by atoms with Crippen LogP contribution in [0.15, 0.2) is 30.9 Å². The van der Waals surface area contributed by atoms with Crippen molar-refractivity contribution in [1.29, 1.82) is 0 Å². The van der Waals surface area contributed by atoms with Gasteiger partial charge in [0.15, 0.2) is 0 Å². The van der Waals surface area contributed by atoms with Gasteiger partial charge in [-0.25, -0.2) is 14.6 Å². The molecule has 3 aromatic rings. The largest absolute Gasteiger partial charge is 0.303 e. The van der Waals surface area contributed by atoms with Crippen molar-refractivity contribution in [3.63, 3.8) is 0 Å². The monoisotopic (exact) mass is 311 g/mol. The molecule has 0 radical (unpaired) electrons. The SMILES string of the molecule is c1cnc2nc(Cn3cc(CCN4CCCCC4)nn3)cn2c1. The Hall–Kier alpha value is -2.28. The molecule has 0 unspecified atom stereocenters. The van der Waals surface area contributed by atoms with Gasteiger partial charge in [-0.3, -0.25) is 4.40 Å². The van der Waals surface area contributed by atoms with E-state index in [1.165, 1.54) is 32.4 Å². The summed E-state index contributed by atoms with van der Waals surface area (Å²) in [6.45, 7) is 4.15. The number of hydrogen-bond donors (Lipinski definition) is 0. The molecule has 0 aliphatic carbocycles. The summed E-state index contributed by atoms with van der Waals surface area (Å²) < 4.78 is 3.77. The van der Waals surface area contributed by atoms with E-state index in [4.69, 9.17) is 0 Å². The fourth-order valence-corrected chi connectivity index (χ4v) is 3.11. The van der Waals surface area contributed by atoms with Gasteiger partial charge in [0.1, 0.15) is 0 Å². The number of fused-ring (bicyclic) bond motifs is 1. The van der Waals surface area contributed by atoms with Crippen LogP contribution in [0.25, 0.3) is 5.78 Å². The highest BCUT2D eigenvalue weighted by molar-refractivity contribution is 5.29. The zero-order chi connectivity index (χ0) is 15.5. The molecule has 120 valence electrons. The first-order valence-electron chi connectivity index (χ1n) is 8.27. The number of nitrogens with zero attached hydrogens (tertiary/aromatic N) is 7. The molecule has 4 heterocycles.